The van der Waals surface area contributed by atoms with Crippen LogP contribution in [-0.2, 0) is 9.47 Å². The first-order chi connectivity index (χ1) is 8.35. The van der Waals surface area contributed by atoms with E-state index in [-0.39, 0.29) is 5.56 Å². The van der Waals surface area contributed by atoms with Gasteiger partial charge in [0.15, 0.2) is 6.10 Å². The second-order valence-electron chi connectivity index (χ2n) is 3.29. The third kappa shape index (κ3) is 3.34. The van der Waals surface area contributed by atoms with Crippen LogP contribution < -0.4 is 11.5 Å². The number of hydrogen-bond donors (Lipinski definition) is 4. The van der Waals surface area contributed by atoms with Gasteiger partial charge in [0.2, 0.25) is 0 Å². The molecule has 1 unspecified atom stereocenters. The third-order valence-electron chi connectivity index (χ3n) is 1.95. The monoisotopic (exact) mass is 256 g/mol. The van der Waals surface area contributed by atoms with E-state index < -0.39 is 24.3 Å². The fourth-order valence-corrected chi connectivity index (χ4v) is 1.27. The number of ether oxygens (including phenoxy) is 2. The van der Waals surface area contributed by atoms with Crippen molar-refractivity contribution < 1.29 is 29.3 Å². The lowest BCUT2D eigenvalue weighted by Gasteiger charge is -2.29. The number of nitrogens with two attached hydrogens (primary N) is 2. The summed E-state index contributed by atoms with van der Waals surface area (Å²) >= 11 is 0. The maximum absolute atomic E-state index is 10.6. The van der Waals surface area contributed by atoms with Gasteiger partial charge in [-0.2, -0.15) is 0 Å². The molecule has 0 spiro atoms. The van der Waals surface area contributed by atoms with Gasteiger partial charge in [-0.05, 0) is 5.56 Å². The molecule has 8 heteroatoms. The molecule has 0 aliphatic rings. The highest BCUT2D eigenvalue weighted by molar-refractivity contribution is 5.67. The molecule has 2 amide bonds. The highest BCUT2D eigenvalue weighted by atomic mass is 16.9. The highest BCUT2D eigenvalue weighted by Gasteiger charge is 2.45. The van der Waals surface area contributed by atoms with Crippen LogP contribution in [0.2, 0.25) is 0 Å². The molecule has 0 aromatic heterocycles. The third-order valence-corrected chi connectivity index (χ3v) is 1.95. The number of benzene rings is 1. The minimum Gasteiger partial charge on any atom is -0.379 e. The molecule has 0 aliphatic heterocycles. The number of hydrogen-bond acceptors (Lipinski definition) is 6. The van der Waals surface area contributed by atoms with Crippen molar-refractivity contribution in [3.63, 3.8) is 0 Å². The van der Waals surface area contributed by atoms with Gasteiger partial charge in [0, 0.05) is 0 Å². The van der Waals surface area contributed by atoms with Gasteiger partial charge in [0.25, 0.3) is 0 Å². The van der Waals surface area contributed by atoms with Crippen molar-refractivity contribution >= 4 is 12.2 Å². The van der Waals surface area contributed by atoms with Crippen LogP contribution in [-0.4, -0.2) is 28.4 Å². The smallest absolute Gasteiger partial charge is 0.379 e. The summed E-state index contributed by atoms with van der Waals surface area (Å²) in [5.74, 6) is -2.99. The van der Waals surface area contributed by atoms with Crippen LogP contribution >= 0.6 is 0 Å². The number of primary amides is 2. The minimum atomic E-state index is -2.99. The molecule has 18 heavy (non-hydrogen) atoms. The van der Waals surface area contributed by atoms with E-state index >= 15 is 0 Å². The molecule has 98 valence electrons. The molecular formula is C10H12N2O6. The molecule has 1 aromatic carbocycles. The van der Waals surface area contributed by atoms with E-state index in [0.717, 1.165) is 0 Å². The van der Waals surface area contributed by atoms with Gasteiger partial charge in [-0.1, -0.05) is 30.3 Å². The Morgan fingerprint density at radius 3 is 1.94 bits per heavy atom. The Balaban J connectivity index is 3.02. The van der Waals surface area contributed by atoms with Crippen LogP contribution in [0.15, 0.2) is 30.3 Å². The Morgan fingerprint density at radius 1 is 1.11 bits per heavy atom. The summed E-state index contributed by atoms with van der Waals surface area (Å²) in [6.45, 7) is 0. The van der Waals surface area contributed by atoms with E-state index in [0.29, 0.717) is 0 Å². The lowest BCUT2D eigenvalue weighted by Crippen LogP contribution is -2.47. The predicted molar refractivity (Wildman–Crippen MR) is 57.7 cm³/mol. The van der Waals surface area contributed by atoms with Gasteiger partial charge in [-0.3, -0.25) is 0 Å². The van der Waals surface area contributed by atoms with Crippen molar-refractivity contribution in [2.45, 2.75) is 12.1 Å². The fourth-order valence-electron chi connectivity index (χ4n) is 1.27. The number of aliphatic hydroxyl groups is 2. The topological polar surface area (TPSA) is 145 Å². The molecule has 0 fully saturated rings. The molecule has 0 saturated heterocycles. The molecule has 1 rings (SSSR count). The normalized spacial score (nSPS) is 12.6. The van der Waals surface area contributed by atoms with Gasteiger partial charge in [-0.25, -0.2) is 9.59 Å². The summed E-state index contributed by atoms with van der Waals surface area (Å²) in [5.41, 5.74) is 9.54. The first kappa shape index (κ1) is 13.7. The van der Waals surface area contributed by atoms with E-state index in [1.54, 1.807) is 18.2 Å². The second-order valence-corrected chi connectivity index (χ2v) is 3.29. The average molecular weight is 256 g/mol. The van der Waals surface area contributed by atoms with Crippen LogP contribution in [0, 0.1) is 0 Å². The van der Waals surface area contributed by atoms with Gasteiger partial charge in [0.1, 0.15) is 0 Å². The number of rotatable bonds is 4. The SMILES string of the molecule is NC(=O)OC(O)(OC(N)=O)C(O)c1ccccc1. The minimum absolute atomic E-state index is 0.127. The Labute approximate surface area is 102 Å². The van der Waals surface area contributed by atoms with Crippen LogP contribution in [0.5, 0.6) is 0 Å². The van der Waals surface area contributed by atoms with Crippen molar-refractivity contribution in [1.29, 1.82) is 0 Å². The fraction of sp³-hybridized carbons (Fsp3) is 0.200. The zero-order chi connectivity index (χ0) is 13.8. The average Bonchev–Trinajstić information content (AvgIpc) is 2.27. The highest BCUT2D eigenvalue weighted by Crippen LogP contribution is 2.28. The van der Waals surface area contributed by atoms with E-state index in [1.165, 1.54) is 12.1 Å². The van der Waals surface area contributed by atoms with Crippen molar-refractivity contribution in [2.24, 2.45) is 11.5 Å². The second kappa shape index (κ2) is 5.34. The quantitative estimate of drug-likeness (QED) is 0.537. The van der Waals surface area contributed by atoms with Crippen molar-refractivity contribution in [1.82, 2.24) is 0 Å². The first-order valence-electron chi connectivity index (χ1n) is 4.77. The Morgan fingerprint density at radius 2 is 1.56 bits per heavy atom. The molecule has 0 radical (unpaired) electrons. The van der Waals surface area contributed by atoms with Crippen LogP contribution in [0.1, 0.15) is 11.7 Å². The largest absolute Gasteiger partial charge is 0.409 e. The molecule has 0 aliphatic carbocycles. The van der Waals surface area contributed by atoms with Crippen LogP contribution in [0.4, 0.5) is 9.59 Å². The summed E-state index contributed by atoms with van der Waals surface area (Å²) in [5, 5.41) is 19.6. The van der Waals surface area contributed by atoms with Crippen molar-refractivity contribution in [3.8, 4) is 0 Å². The summed E-state index contributed by atoms with van der Waals surface area (Å²) in [4.78, 5) is 21.3. The zero-order valence-corrected chi connectivity index (χ0v) is 9.15. The number of amides is 2. The molecule has 0 saturated carbocycles. The Bertz CT molecular complexity index is 419. The standard InChI is InChI=1S/C10H12N2O6/c11-8(14)17-10(16,18-9(12)15)7(13)6-4-2-1-3-5-6/h1-5,7,13,16H,(H2,11,14)(H2,12,15). The summed E-state index contributed by atoms with van der Waals surface area (Å²) < 4.78 is 8.37. The predicted octanol–water partition coefficient (Wildman–Crippen LogP) is -0.443. The summed E-state index contributed by atoms with van der Waals surface area (Å²) in [6.07, 6.45) is -4.76. The zero-order valence-electron chi connectivity index (χ0n) is 9.15. The van der Waals surface area contributed by atoms with Gasteiger partial charge < -0.3 is 31.2 Å². The van der Waals surface area contributed by atoms with Crippen LogP contribution in [0.25, 0.3) is 0 Å². The van der Waals surface area contributed by atoms with Gasteiger partial charge >= 0.3 is 18.2 Å². The van der Waals surface area contributed by atoms with Crippen LogP contribution in [0.3, 0.4) is 0 Å². The lowest BCUT2D eigenvalue weighted by atomic mass is 10.1. The van der Waals surface area contributed by atoms with E-state index in [2.05, 4.69) is 9.47 Å². The van der Waals surface area contributed by atoms with Gasteiger partial charge in [-0.15, -0.1) is 0 Å². The Kier molecular flexibility index (Phi) is 4.08. The van der Waals surface area contributed by atoms with E-state index in [9.17, 15) is 19.8 Å². The van der Waals surface area contributed by atoms with Gasteiger partial charge in [0.05, 0.1) is 0 Å². The number of carbonyl (C=O) groups excluding carboxylic acids is 2. The lowest BCUT2D eigenvalue weighted by molar-refractivity contribution is -0.346. The molecule has 8 nitrogen and oxygen atoms in total. The first-order valence-corrected chi connectivity index (χ1v) is 4.77. The summed E-state index contributed by atoms with van der Waals surface area (Å²) in [7, 11) is 0. The number of carbonyl (C=O) groups is 2. The van der Waals surface area contributed by atoms with Crippen molar-refractivity contribution in [3.05, 3.63) is 35.9 Å². The molecule has 1 aromatic rings. The molecule has 6 N–H and O–H groups in total. The maximum atomic E-state index is 10.6. The summed E-state index contributed by atoms with van der Waals surface area (Å²) in [6, 6.07) is 7.56. The molecule has 0 bridgehead atoms. The molecule has 0 heterocycles. The number of aliphatic hydroxyl groups excluding tert-OH is 1. The maximum Gasteiger partial charge on any atom is 0.409 e. The Hall–Kier alpha value is -2.32. The molecular weight excluding hydrogens is 244 g/mol. The molecule has 1 atom stereocenters. The van der Waals surface area contributed by atoms with Crippen molar-refractivity contribution in [2.75, 3.05) is 0 Å². The van der Waals surface area contributed by atoms with E-state index in [4.69, 9.17) is 11.5 Å². The van der Waals surface area contributed by atoms with E-state index in [1.807, 2.05) is 0 Å².